The molecule has 1 amide bonds. The number of amides is 1. The molecule has 0 bridgehead atoms. The first-order chi connectivity index (χ1) is 14.7. The van der Waals surface area contributed by atoms with Gasteiger partial charge in [0.05, 0.1) is 31.4 Å². The van der Waals surface area contributed by atoms with E-state index in [1.54, 1.807) is 0 Å². The van der Waals surface area contributed by atoms with Crippen LogP contribution in [0.5, 0.6) is 0 Å². The lowest BCUT2D eigenvalue weighted by molar-refractivity contribution is -0.154. The zero-order chi connectivity index (χ0) is 22.4. The molecular formula is C22H31NO7S. The van der Waals surface area contributed by atoms with Crippen LogP contribution in [-0.2, 0) is 34.0 Å². The fourth-order valence-corrected chi connectivity index (χ4v) is 7.23. The van der Waals surface area contributed by atoms with Crippen molar-refractivity contribution >= 4 is 23.4 Å². The number of carbonyl (C=O) groups is 2. The SMILES string of the molecule is C=C1CC[C@H]2[C@@](C)(CCC3OS(=O)OC[C@]32C)[C@@H]1C/C=C1/C(=O)OC[C@H]1NC(=O)OC. The molecule has 4 fully saturated rings. The summed E-state index contributed by atoms with van der Waals surface area (Å²) in [5.74, 6) is 0.0948. The maximum absolute atomic E-state index is 12.3. The van der Waals surface area contributed by atoms with Crippen molar-refractivity contribution in [1.82, 2.24) is 5.32 Å². The van der Waals surface area contributed by atoms with Gasteiger partial charge in [-0.15, -0.1) is 0 Å². The van der Waals surface area contributed by atoms with E-state index in [4.69, 9.17) is 13.1 Å². The van der Waals surface area contributed by atoms with Crippen molar-refractivity contribution in [2.45, 2.75) is 58.1 Å². The van der Waals surface area contributed by atoms with E-state index < -0.39 is 29.5 Å². The van der Waals surface area contributed by atoms with Crippen molar-refractivity contribution in [1.29, 1.82) is 0 Å². The first-order valence-corrected chi connectivity index (χ1v) is 11.8. The smallest absolute Gasteiger partial charge is 0.407 e. The van der Waals surface area contributed by atoms with Crippen molar-refractivity contribution < 1.29 is 31.6 Å². The third-order valence-corrected chi connectivity index (χ3v) is 8.72. The Morgan fingerprint density at radius 3 is 2.87 bits per heavy atom. The van der Waals surface area contributed by atoms with Gasteiger partial charge in [-0.3, -0.25) is 8.37 Å². The summed E-state index contributed by atoms with van der Waals surface area (Å²) in [7, 11) is 1.29. The zero-order valence-corrected chi connectivity index (χ0v) is 19.1. The predicted octanol–water partition coefficient (Wildman–Crippen LogP) is 2.97. The fourth-order valence-electron chi connectivity index (χ4n) is 6.32. The molecule has 2 saturated carbocycles. The molecule has 0 radical (unpaired) electrons. The topological polar surface area (TPSA) is 100 Å². The second-order valence-electron chi connectivity index (χ2n) is 9.59. The van der Waals surface area contributed by atoms with E-state index in [1.807, 2.05) is 6.08 Å². The molecule has 4 aliphatic rings. The quantitative estimate of drug-likeness (QED) is 0.398. The van der Waals surface area contributed by atoms with Gasteiger partial charge in [0.1, 0.15) is 6.61 Å². The standard InChI is InChI=1S/C22H31NO7S/c1-13-5-8-17-21(2,10-9-18-22(17,3)12-29-31(26)30-18)15(13)7-6-14-16(11-28-19(14)24)23-20(25)27-4/h6,15-18H,1,5,7-12H2,2-4H3,(H,23,25)/b14-6+/t15-,16-,17+,18?,21+,22+,31?/m1/s1. The molecule has 2 unspecified atom stereocenters. The second-order valence-corrected chi connectivity index (χ2v) is 10.4. The zero-order valence-electron chi connectivity index (χ0n) is 18.3. The molecule has 172 valence electrons. The molecule has 31 heavy (non-hydrogen) atoms. The van der Waals surface area contributed by atoms with Gasteiger partial charge in [0, 0.05) is 5.41 Å². The highest BCUT2D eigenvalue weighted by molar-refractivity contribution is 7.75. The highest BCUT2D eigenvalue weighted by atomic mass is 32.2. The summed E-state index contributed by atoms with van der Waals surface area (Å²) in [6.07, 6.45) is 5.50. The number of carbonyl (C=O) groups excluding carboxylic acids is 2. The lowest BCUT2D eigenvalue weighted by Crippen LogP contribution is -2.60. The molecule has 2 aliphatic heterocycles. The van der Waals surface area contributed by atoms with E-state index in [1.165, 1.54) is 12.7 Å². The van der Waals surface area contributed by atoms with Crippen LogP contribution in [0.4, 0.5) is 4.79 Å². The number of esters is 1. The van der Waals surface area contributed by atoms with Gasteiger partial charge in [-0.05, 0) is 49.4 Å². The summed E-state index contributed by atoms with van der Waals surface area (Å²) in [6.45, 7) is 9.38. The Morgan fingerprint density at radius 2 is 2.13 bits per heavy atom. The normalized spacial score (nSPS) is 43.7. The molecular weight excluding hydrogens is 422 g/mol. The van der Waals surface area contributed by atoms with Crippen LogP contribution in [0.15, 0.2) is 23.8 Å². The van der Waals surface area contributed by atoms with E-state index in [2.05, 4.69) is 30.5 Å². The molecule has 0 aromatic rings. The molecule has 0 aromatic heterocycles. The molecule has 7 atom stereocenters. The number of methoxy groups -OCH3 is 1. The highest BCUT2D eigenvalue weighted by Gasteiger charge is 2.60. The predicted molar refractivity (Wildman–Crippen MR) is 113 cm³/mol. The Morgan fingerprint density at radius 1 is 1.35 bits per heavy atom. The van der Waals surface area contributed by atoms with Crippen molar-refractivity contribution in [3.63, 3.8) is 0 Å². The lowest BCUT2D eigenvalue weighted by atomic mass is 9.46. The van der Waals surface area contributed by atoms with Gasteiger partial charge in [-0.25, -0.2) is 9.59 Å². The van der Waals surface area contributed by atoms with Crippen LogP contribution in [-0.4, -0.2) is 48.7 Å². The van der Waals surface area contributed by atoms with Crippen molar-refractivity contribution in [2.24, 2.45) is 22.7 Å². The van der Waals surface area contributed by atoms with Gasteiger partial charge >= 0.3 is 23.4 Å². The largest absolute Gasteiger partial charge is 0.460 e. The number of rotatable bonds is 3. The van der Waals surface area contributed by atoms with Crippen LogP contribution in [0.25, 0.3) is 0 Å². The molecule has 2 aliphatic carbocycles. The molecule has 2 saturated heterocycles. The van der Waals surface area contributed by atoms with Crippen LogP contribution < -0.4 is 5.32 Å². The number of ether oxygens (including phenoxy) is 2. The third kappa shape index (κ3) is 3.85. The number of cyclic esters (lactones) is 1. The monoisotopic (exact) mass is 453 g/mol. The number of hydrogen-bond donors (Lipinski definition) is 1. The number of hydrogen-bond acceptors (Lipinski definition) is 7. The lowest BCUT2D eigenvalue weighted by Gasteiger charge is -2.61. The summed E-state index contributed by atoms with van der Waals surface area (Å²) in [5, 5.41) is 2.66. The summed E-state index contributed by atoms with van der Waals surface area (Å²) < 4.78 is 32.7. The van der Waals surface area contributed by atoms with E-state index in [0.29, 0.717) is 24.5 Å². The van der Waals surface area contributed by atoms with Crippen molar-refractivity contribution in [2.75, 3.05) is 20.3 Å². The van der Waals surface area contributed by atoms with Crippen LogP contribution in [0.3, 0.4) is 0 Å². The molecule has 8 nitrogen and oxygen atoms in total. The first kappa shape index (κ1) is 22.5. The van der Waals surface area contributed by atoms with Crippen LogP contribution in [0, 0.1) is 22.7 Å². The third-order valence-electron chi connectivity index (χ3n) is 8.02. The van der Waals surface area contributed by atoms with Gasteiger partial charge in [0.15, 0.2) is 0 Å². The minimum atomic E-state index is -1.67. The number of fused-ring (bicyclic) bond motifs is 3. The second kappa shape index (κ2) is 8.33. The summed E-state index contributed by atoms with van der Waals surface area (Å²) in [4.78, 5) is 23.9. The summed E-state index contributed by atoms with van der Waals surface area (Å²) in [5.41, 5.74) is 1.39. The minimum absolute atomic E-state index is 0.0447. The van der Waals surface area contributed by atoms with Gasteiger partial charge < -0.3 is 14.8 Å². The molecule has 1 N–H and O–H groups in total. The van der Waals surface area contributed by atoms with Gasteiger partial charge in [-0.1, -0.05) is 32.1 Å². The van der Waals surface area contributed by atoms with Crippen LogP contribution in [0.2, 0.25) is 0 Å². The maximum Gasteiger partial charge on any atom is 0.407 e. The molecule has 0 spiro atoms. The van der Waals surface area contributed by atoms with E-state index >= 15 is 0 Å². The van der Waals surface area contributed by atoms with Crippen molar-refractivity contribution in [3.05, 3.63) is 23.8 Å². The number of nitrogens with one attached hydrogen (secondary N) is 1. The van der Waals surface area contributed by atoms with E-state index in [0.717, 1.165) is 25.7 Å². The Hall–Kier alpha value is -1.71. The molecule has 9 heteroatoms. The Balaban J connectivity index is 1.57. The molecule has 0 aromatic carbocycles. The number of allylic oxidation sites excluding steroid dienone is 2. The maximum atomic E-state index is 12.3. The first-order valence-electron chi connectivity index (χ1n) is 10.8. The Kier molecular flexibility index (Phi) is 6.04. The van der Waals surface area contributed by atoms with Crippen LogP contribution >= 0.6 is 0 Å². The molecule has 2 heterocycles. The average molecular weight is 454 g/mol. The van der Waals surface area contributed by atoms with Gasteiger partial charge in [0.2, 0.25) is 0 Å². The van der Waals surface area contributed by atoms with Gasteiger partial charge in [0.25, 0.3) is 0 Å². The molecule has 4 rings (SSSR count). The minimum Gasteiger partial charge on any atom is -0.460 e. The highest BCUT2D eigenvalue weighted by Crippen LogP contribution is 2.63. The van der Waals surface area contributed by atoms with E-state index in [-0.39, 0.29) is 29.5 Å². The van der Waals surface area contributed by atoms with E-state index in [9.17, 15) is 13.8 Å². The van der Waals surface area contributed by atoms with Gasteiger partial charge in [-0.2, -0.15) is 4.21 Å². The van der Waals surface area contributed by atoms with Crippen LogP contribution in [0.1, 0.15) is 46.0 Å². The average Bonchev–Trinajstić information content (AvgIpc) is 3.07. The summed E-state index contributed by atoms with van der Waals surface area (Å²) >= 11 is -1.67. The number of alkyl carbamates (subject to hydrolysis) is 1. The fraction of sp³-hybridized carbons (Fsp3) is 0.727. The summed E-state index contributed by atoms with van der Waals surface area (Å²) in [6, 6.07) is -0.510. The Labute approximate surface area is 185 Å². The Bertz CT molecular complexity index is 842. The van der Waals surface area contributed by atoms with Crippen molar-refractivity contribution in [3.8, 4) is 0 Å².